The molecule has 5 aromatic rings. The van der Waals surface area contributed by atoms with Gasteiger partial charge in [-0.2, -0.15) is 0 Å². The molecule has 4 nitrogen and oxygen atoms in total. The largest absolute Gasteiger partial charge is 0.508 e. The van der Waals surface area contributed by atoms with E-state index in [4.69, 9.17) is 4.74 Å². The fourth-order valence-electron chi connectivity index (χ4n) is 6.07. The van der Waals surface area contributed by atoms with Gasteiger partial charge in [-0.15, -0.1) is 0 Å². The first-order valence-electron chi connectivity index (χ1n) is 12.3. The van der Waals surface area contributed by atoms with Crippen LogP contribution in [-0.2, 0) is 16.8 Å². The molecule has 0 saturated carbocycles. The number of carbonyl (C=O) groups excluding carboxylic acids is 1. The zero-order valence-corrected chi connectivity index (χ0v) is 20.0. The highest BCUT2D eigenvalue weighted by Crippen LogP contribution is 2.62. The standard InChI is InChI=1S/C33H23NO3/c35-23-18-19-25-24-12-4-5-13-26(24)33(29(25)20-23)27-14-6-8-16-30(27)34(31-17-9-7-15-28(31)33)32(36)37-21-22-10-2-1-3-11-22/h1-20,35H,21H2. The molecule has 178 valence electrons. The van der Waals surface area contributed by atoms with Gasteiger partial charge >= 0.3 is 6.09 Å². The Hall–Kier alpha value is -4.83. The Labute approximate surface area is 215 Å². The summed E-state index contributed by atoms with van der Waals surface area (Å²) >= 11 is 0. The lowest BCUT2D eigenvalue weighted by atomic mass is 9.65. The van der Waals surface area contributed by atoms with E-state index in [1.807, 2.05) is 84.9 Å². The maximum Gasteiger partial charge on any atom is 0.419 e. The summed E-state index contributed by atoms with van der Waals surface area (Å²) in [7, 11) is 0. The van der Waals surface area contributed by atoms with E-state index < -0.39 is 11.5 Å². The van der Waals surface area contributed by atoms with Gasteiger partial charge in [0.1, 0.15) is 12.4 Å². The first-order valence-corrected chi connectivity index (χ1v) is 12.3. The van der Waals surface area contributed by atoms with Crippen molar-refractivity contribution in [1.82, 2.24) is 0 Å². The van der Waals surface area contributed by atoms with Gasteiger partial charge in [0.2, 0.25) is 0 Å². The smallest absolute Gasteiger partial charge is 0.419 e. The molecule has 0 aromatic heterocycles. The van der Waals surface area contributed by atoms with Gasteiger partial charge < -0.3 is 9.84 Å². The van der Waals surface area contributed by atoms with E-state index in [9.17, 15) is 9.90 Å². The second-order valence-corrected chi connectivity index (χ2v) is 9.44. The summed E-state index contributed by atoms with van der Waals surface area (Å²) in [5, 5.41) is 10.6. The molecular weight excluding hydrogens is 458 g/mol. The first-order chi connectivity index (χ1) is 18.2. The van der Waals surface area contributed by atoms with Crippen LogP contribution in [0.15, 0.2) is 121 Å². The van der Waals surface area contributed by atoms with Crippen LogP contribution in [0, 0.1) is 0 Å². The Balaban J connectivity index is 1.47. The number of nitrogens with zero attached hydrogens (tertiary/aromatic N) is 1. The third-order valence-corrected chi connectivity index (χ3v) is 7.51. The second-order valence-electron chi connectivity index (χ2n) is 9.44. The third-order valence-electron chi connectivity index (χ3n) is 7.51. The number of aromatic hydroxyl groups is 1. The molecule has 5 aromatic carbocycles. The first kappa shape index (κ1) is 21.5. The van der Waals surface area contributed by atoms with Crippen LogP contribution in [-0.4, -0.2) is 11.2 Å². The van der Waals surface area contributed by atoms with Crippen LogP contribution in [0.4, 0.5) is 16.2 Å². The number of para-hydroxylation sites is 2. The number of benzene rings is 5. The Morgan fingerprint density at radius 1 is 0.649 bits per heavy atom. The number of hydrogen-bond donors (Lipinski definition) is 1. The normalized spacial score (nSPS) is 13.9. The van der Waals surface area contributed by atoms with Crippen molar-refractivity contribution in [3.8, 4) is 16.9 Å². The molecule has 0 atom stereocenters. The molecule has 1 aliphatic carbocycles. The lowest BCUT2D eigenvalue weighted by Crippen LogP contribution is -2.40. The third kappa shape index (κ3) is 2.99. The van der Waals surface area contributed by atoms with Crippen LogP contribution in [0.1, 0.15) is 27.8 Å². The van der Waals surface area contributed by atoms with Crippen LogP contribution in [0.2, 0.25) is 0 Å². The number of rotatable bonds is 2. The molecular formula is C33H23NO3. The fourth-order valence-corrected chi connectivity index (χ4v) is 6.07. The molecule has 2 aliphatic rings. The molecule has 0 radical (unpaired) electrons. The summed E-state index contributed by atoms with van der Waals surface area (Å²) < 4.78 is 5.84. The van der Waals surface area contributed by atoms with Crippen molar-refractivity contribution in [2.24, 2.45) is 0 Å². The zero-order chi connectivity index (χ0) is 25.0. The van der Waals surface area contributed by atoms with Crippen molar-refractivity contribution in [3.05, 3.63) is 149 Å². The van der Waals surface area contributed by atoms with Crippen LogP contribution in [0.5, 0.6) is 5.75 Å². The average molecular weight is 482 g/mol. The minimum absolute atomic E-state index is 0.186. The molecule has 1 aliphatic heterocycles. The number of ether oxygens (including phenoxy) is 1. The lowest BCUT2D eigenvalue weighted by molar-refractivity contribution is 0.149. The van der Waals surface area contributed by atoms with E-state index in [0.29, 0.717) is 0 Å². The average Bonchev–Trinajstić information content (AvgIpc) is 3.23. The highest BCUT2D eigenvalue weighted by molar-refractivity contribution is 6.03. The SMILES string of the molecule is O=C(OCc1ccccc1)N1c2ccccc2C2(c3ccccc3-c3ccc(O)cc32)c2ccccc21. The summed E-state index contributed by atoms with van der Waals surface area (Å²) in [6, 6.07) is 39.7. The maximum atomic E-state index is 13.7. The van der Waals surface area contributed by atoms with Crippen molar-refractivity contribution in [3.63, 3.8) is 0 Å². The summed E-state index contributed by atoms with van der Waals surface area (Å²) in [5.41, 5.74) is 8.08. The minimum atomic E-state index is -0.686. The van der Waals surface area contributed by atoms with E-state index in [-0.39, 0.29) is 12.4 Å². The highest BCUT2D eigenvalue weighted by atomic mass is 16.6. The number of amides is 1. The van der Waals surface area contributed by atoms with Crippen LogP contribution in [0.25, 0.3) is 11.1 Å². The summed E-state index contributed by atoms with van der Waals surface area (Å²) in [5.74, 6) is 0.214. The van der Waals surface area contributed by atoms with Crippen LogP contribution >= 0.6 is 0 Å². The van der Waals surface area contributed by atoms with Gasteiger partial charge in [0, 0.05) is 0 Å². The molecule has 0 saturated heterocycles. The number of anilines is 2. The molecule has 7 rings (SSSR count). The fraction of sp³-hybridized carbons (Fsp3) is 0.0606. The van der Waals surface area contributed by atoms with E-state index in [2.05, 4.69) is 30.3 Å². The highest BCUT2D eigenvalue weighted by Gasteiger charge is 2.52. The Morgan fingerprint density at radius 3 is 1.92 bits per heavy atom. The van der Waals surface area contributed by atoms with Gasteiger partial charge in [0.05, 0.1) is 16.8 Å². The van der Waals surface area contributed by atoms with E-state index in [0.717, 1.165) is 50.3 Å². The summed E-state index contributed by atoms with van der Waals surface area (Å²) in [4.78, 5) is 15.4. The van der Waals surface area contributed by atoms with Gasteiger partial charge in [-0.1, -0.05) is 97.1 Å². The molecule has 0 unspecified atom stereocenters. The van der Waals surface area contributed by atoms with Crippen molar-refractivity contribution in [2.75, 3.05) is 4.90 Å². The molecule has 1 N–H and O–H groups in total. The van der Waals surface area contributed by atoms with Crippen molar-refractivity contribution < 1.29 is 14.6 Å². The monoisotopic (exact) mass is 481 g/mol. The van der Waals surface area contributed by atoms with Gasteiger partial charge in [0.25, 0.3) is 0 Å². The molecule has 0 fully saturated rings. The second kappa shape index (κ2) is 8.10. The van der Waals surface area contributed by atoms with Crippen LogP contribution < -0.4 is 4.90 Å². The van der Waals surface area contributed by atoms with E-state index >= 15 is 0 Å². The zero-order valence-electron chi connectivity index (χ0n) is 20.0. The van der Waals surface area contributed by atoms with Gasteiger partial charge in [0.15, 0.2) is 0 Å². The molecule has 4 heteroatoms. The van der Waals surface area contributed by atoms with Crippen molar-refractivity contribution in [1.29, 1.82) is 0 Å². The summed E-state index contributed by atoms with van der Waals surface area (Å²) in [6.45, 7) is 0.186. The Bertz CT molecular complexity index is 1630. The number of carbonyl (C=O) groups is 1. The van der Waals surface area contributed by atoms with Crippen molar-refractivity contribution >= 4 is 17.5 Å². The molecule has 1 heterocycles. The topological polar surface area (TPSA) is 49.8 Å². The maximum absolute atomic E-state index is 13.7. The van der Waals surface area contributed by atoms with E-state index in [1.54, 1.807) is 11.0 Å². The van der Waals surface area contributed by atoms with Gasteiger partial charge in [-0.25, -0.2) is 9.69 Å². The summed E-state index contributed by atoms with van der Waals surface area (Å²) in [6.07, 6.45) is -0.430. The number of hydrogen-bond acceptors (Lipinski definition) is 3. The Morgan fingerprint density at radius 2 is 1.22 bits per heavy atom. The predicted octanol–water partition coefficient (Wildman–Crippen LogP) is 7.54. The predicted molar refractivity (Wildman–Crippen MR) is 144 cm³/mol. The number of phenols is 1. The minimum Gasteiger partial charge on any atom is -0.508 e. The van der Waals surface area contributed by atoms with Crippen LogP contribution in [0.3, 0.4) is 0 Å². The van der Waals surface area contributed by atoms with E-state index in [1.165, 1.54) is 0 Å². The quantitative estimate of drug-likeness (QED) is 0.278. The molecule has 37 heavy (non-hydrogen) atoms. The van der Waals surface area contributed by atoms with Gasteiger partial charge in [-0.3, -0.25) is 0 Å². The molecule has 1 spiro atoms. The number of fused-ring (bicyclic) bond motifs is 9. The molecule has 0 bridgehead atoms. The lowest BCUT2D eigenvalue weighted by Gasteiger charge is -2.43. The van der Waals surface area contributed by atoms with Crippen molar-refractivity contribution in [2.45, 2.75) is 12.0 Å². The number of phenolic OH excluding ortho intramolecular Hbond substituents is 1. The van der Waals surface area contributed by atoms with Gasteiger partial charge in [-0.05, 0) is 63.2 Å². The molecule has 1 amide bonds. The Kier molecular flexibility index (Phi) is 4.70.